The molecular formula is C18H28BrNO. The van der Waals surface area contributed by atoms with Crippen molar-refractivity contribution in [3.63, 3.8) is 0 Å². The summed E-state index contributed by atoms with van der Waals surface area (Å²) < 4.78 is 0. The summed E-state index contributed by atoms with van der Waals surface area (Å²) in [5, 5.41) is 4.48. The molecule has 0 aromatic heterocycles. The van der Waals surface area contributed by atoms with Gasteiger partial charge in [-0.05, 0) is 69.1 Å². The minimum atomic E-state index is 0.0152. The van der Waals surface area contributed by atoms with E-state index in [0.29, 0.717) is 5.91 Å². The predicted octanol–water partition coefficient (Wildman–Crippen LogP) is 4.42. The second kappa shape index (κ2) is 5.25. The van der Waals surface area contributed by atoms with Crippen LogP contribution in [0.15, 0.2) is 0 Å². The highest BCUT2D eigenvalue weighted by molar-refractivity contribution is 9.09. The van der Waals surface area contributed by atoms with E-state index in [1.165, 1.54) is 57.8 Å². The van der Waals surface area contributed by atoms with Crippen molar-refractivity contribution >= 4 is 21.8 Å². The molecule has 0 unspecified atom stereocenters. The maximum absolute atomic E-state index is 13.2. The summed E-state index contributed by atoms with van der Waals surface area (Å²) in [5.41, 5.74) is 0.0695. The topological polar surface area (TPSA) is 29.1 Å². The lowest BCUT2D eigenvalue weighted by atomic mass is 9.49. The van der Waals surface area contributed by atoms with E-state index in [2.05, 4.69) is 21.2 Å². The number of rotatable bonds is 3. The monoisotopic (exact) mass is 353 g/mol. The minimum Gasteiger partial charge on any atom is -0.349 e. The summed E-state index contributed by atoms with van der Waals surface area (Å²) in [7, 11) is 0. The van der Waals surface area contributed by atoms with Gasteiger partial charge < -0.3 is 5.32 Å². The van der Waals surface area contributed by atoms with Crippen LogP contribution in [-0.2, 0) is 4.79 Å². The van der Waals surface area contributed by atoms with E-state index in [1.54, 1.807) is 0 Å². The minimum absolute atomic E-state index is 0.0152. The molecule has 21 heavy (non-hydrogen) atoms. The fourth-order valence-corrected chi connectivity index (χ4v) is 6.98. The van der Waals surface area contributed by atoms with Gasteiger partial charge in [-0.1, -0.05) is 35.2 Å². The second-order valence-electron chi connectivity index (χ2n) is 8.63. The number of halogens is 1. The second-order valence-corrected chi connectivity index (χ2v) is 9.19. The van der Waals surface area contributed by atoms with Crippen molar-refractivity contribution in [1.82, 2.24) is 5.32 Å². The molecule has 3 heteroatoms. The molecule has 0 heterocycles. The molecule has 4 bridgehead atoms. The third-order valence-corrected chi connectivity index (χ3v) is 8.04. The van der Waals surface area contributed by atoms with Gasteiger partial charge in [-0.2, -0.15) is 0 Å². The van der Waals surface area contributed by atoms with Gasteiger partial charge in [0.05, 0.1) is 0 Å². The van der Waals surface area contributed by atoms with Crippen LogP contribution >= 0.6 is 15.9 Å². The molecule has 118 valence electrons. The number of alkyl halides is 1. The summed E-state index contributed by atoms with van der Waals surface area (Å²) in [6, 6.07) is 0. The Balaban J connectivity index is 1.52. The van der Waals surface area contributed by atoms with E-state index in [9.17, 15) is 4.79 Å². The molecule has 5 fully saturated rings. The first-order chi connectivity index (χ1) is 10.1. The summed E-state index contributed by atoms with van der Waals surface area (Å²) in [6.45, 7) is 0. The average Bonchev–Trinajstić information content (AvgIpc) is 2.47. The van der Waals surface area contributed by atoms with E-state index in [0.717, 1.165) is 35.9 Å². The van der Waals surface area contributed by atoms with Gasteiger partial charge in [0.25, 0.3) is 0 Å². The Labute approximate surface area is 136 Å². The molecule has 5 aliphatic carbocycles. The number of nitrogens with one attached hydrogen (secondary N) is 1. The first-order valence-corrected chi connectivity index (χ1v) is 10.1. The third-order valence-electron chi connectivity index (χ3n) is 6.97. The largest absolute Gasteiger partial charge is 0.349 e. The number of carbonyl (C=O) groups is 1. The molecule has 0 aliphatic heterocycles. The van der Waals surface area contributed by atoms with Crippen molar-refractivity contribution in [1.29, 1.82) is 0 Å². The van der Waals surface area contributed by atoms with Crippen LogP contribution in [0, 0.1) is 23.2 Å². The Morgan fingerprint density at radius 1 is 0.952 bits per heavy atom. The summed E-state index contributed by atoms with van der Waals surface area (Å²) in [6.07, 6.45) is 14.0. The molecule has 0 atom stereocenters. The summed E-state index contributed by atoms with van der Waals surface area (Å²) >= 11 is 3.69. The first-order valence-electron chi connectivity index (χ1n) is 9.02. The molecule has 5 rings (SSSR count). The van der Waals surface area contributed by atoms with Crippen LogP contribution in [0.2, 0.25) is 0 Å². The average molecular weight is 354 g/mol. The van der Waals surface area contributed by atoms with Crippen LogP contribution in [0.3, 0.4) is 0 Å². The van der Waals surface area contributed by atoms with Gasteiger partial charge in [0.15, 0.2) is 0 Å². The van der Waals surface area contributed by atoms with E-state index in [1.807, 2.05) is 0 Å². The molecule has 5 aliphatic rings. The normalized spacial score (nSPS) is 43.8. The van der Waals surface area contributed by atoms with Crippen molar-refractivity contribution < 1.29 is 4.79 Å². The molecule has 2 nitrogen and oxygen atoms in total. The van der Waals surface area contributed by atoms with Crippen LogP contribution in [0.25, 0.3) is 0 Å². The molecule has 0 saturated heterocycles. The maximum Gasteiger partial charge on any atom is 0.226 e. The lowest BCUT2D eigenvalue weighted by molar-refractivity contribution is -0.148. The van der Waals surface area contributed by atoms with Crippen LogP contribution in [0.4, 0.5) is 0 Å². The zero-order chi connectivity index (χ0) is 14.5. The van der Waals surface area contributed by atoms with Gasteiger partial charge in [-0.25, -0.2) is 0 Å². The quantitative estimate of drug-likeness (QED) is 0.747. The Morgan fingerprint density at radius 3 is 1.95 bits per heavy atom. The lowest BCUT2D eigenvalue weighted by Crippen LogP contribution is -2.60. The summed E-state index contributed by atoms with van der Waals surface area (Å²) in [5.74, 6) is 2.98. The Kier molecular flexibility index (Phi) is 3.63. The van der Waals surface area contributed by atoms with E-state index in [-0.39, 0.29) is 11.0 Å². The maximum atomic E-state index is 13.2. The highest BCUT2D eigenvalue weighted by Crippen LogP contribution is 2.60. The molecule has 0 aromatic rings. The van der Waals surface area contributed by atoms with Crippen molar-refractivity contribution in [3.8, 4) is 0 Å². The number of amides is 1. The van der Waals surface area contributed by atoms with Crippen LogP contribution in [0.5, 0.6) is 0 Å². The molecule has 5 saturated carbocycles. The molecule has 1 N–H and O–H groups in total. The van der Waals surface area contributed by atoms with Gasteiger partial charge in [0, 0.05) is 16.3 Å². The number of hydrogen-bond acceptors (Lipinski definition) is 1. The Morgan fingerprint density at radius 2 is 1.48 bits per heavy atom. The van der Waals surface area contributed by atoms with Crippen molar-refractivity contribution in [2.75, 3.05) is 5.33 Å². The SMILES string of the molecule is O=C(NC1(CBr)CCCCC1)C12CC3CC(CC(C3)C1)C2. The molecular weight excluding hydrogens is 326 g/mol. The zero-order valence-electron chi connectivity index (χ0n) is 13.0. The van der Waals surface area contributed by atoms with Crippen LogP contribution in [0.1, 0.15) is 70.6 Å². The van der Waals surface area contributed by atoms with E-state index >= 15 is 0 Å². The van der Waals surface area contributed by atoms with E-state index in [4.69, 9.17) is 0 Å². The molecule has 1 amide bonds. The molecule has 0 radical (unpaired) electrons. The summed E-state index contributed by atoms with van der Waals surface area (Å²) in [4.78, 5) is 13.2. The van der Waals surface area contributed by atoms with Gasteiger partial charge in [-0.15, -0.1) is 0 Å². The van der Waals surface area contributed by atoms with Crippen LogP contribution in [-0.4, -0.2) is 16.8 Å². The smallest absolute Gasteiger partial charge is 0.226 e. The molecule has 0 aromatic carbocycles. The predicted molar refractivity (Wildman–Crippen MR) is 88.4 cm³/mol. The number of carbonyl (C=O) groups excluding carboxylic acids is 1. The van der Waals surface area contributed by atoms with Crippen LogP contribution < -0.4 is 5.32 Å². The van der Waals surface area contributed by atoms with Gasteiger partial charge >= 0.3 is 0 Å². The van der Waals surface area contributed by atoms with Gasteiger partial charge in [0.1, 0.15) is 0 Å². The third kappa shape index (κ3) is 2.48. The highest BCUT2D eigenvalue weighted by atomic mass is 79.9. The zero-order valence-corrected chi connectivity index (χ0v) is 14.6. The van der Waals surface area contributed by atoms with Gasteiger partial charge in [-0.3, -0.25) is 4.79 Å². The fraction of sp³-hybridized carbons (Fsp3) is 0.944. The van der Waals surface area contributed by atoms with Gasteiger partial charge in [0.2, 0.25) is 5.91 Å². The van der Waals surface area contributed by atoms with E-state index < -0.39 is 0 Å². The van der Waals surface area contributed by atoms with Crippen molar-refractivity contribution in [3.05, 3.63) is 0 Å². The number of hydrogen-bond donors (Lipinski definition) is 1. The van der Waals surface area contributed by atoms with Crippen molar-refractivity contribution in [2.45, 2.75) is 76.2 Å². The Bertz CT molecular complexity index is 392. The highest BCUT2D eigenvalue weighted by Gasteiger charge is 2.55. The fourth-order valence-electron chi connectivity index (χ4n) is 6.28. The molecule has 0 spiro atoms. The first kappa shape index (κ1) is 14.5. The lowest BCUT2D eigenvalue weighted by Gasteiger charge is -2.56. The van der Waals surface area contributed by atoms with Crippen molar-refractivity contribution in [2.24, 2.45) is 23.2 Å². The Hall–Kier alpha value is -0.0500. The standard InChI is InChI=1S/C18H28BrNO/c19-12-18(4-2-1-3-5-18)20-16(21)17-9-13-6-14(10-17)8-15(7-13)11-17/h13-15H,1-12H2,(H,20,21).